The van der Waals surface area contributed by atoms with E-state index in [1.54, 1.807) is 19.2 Å². The molecule has 0 bridgehead atoms. The molecule has 2 aromatic rings. The summed E-state index contributed by atoms with van der Waals surface area (Å²) < 4.78 is 40.5. The molecule has 2 atom stereocenters. The number of hydrogen-bond acceptors (Lipinski definition) is 5. The van der Waals surface area contributed by atoms with Gasteiger partial charge >= 0.3 is 6.18 Å². The van der Waals surface area contributed by atoms with Crippen molar-refractivity contribution in [3.63, 3.8) is 0 Å². The molecule has 158 valence electrons. The van der Waals surface area contributed by atoms with Gasteiger partial charge in [-0.3, -0.25) is 4.79 Å². The maximum absolute atomic E-state index is 13.5. The van der Waals surface area contributed by atoms with Crippen molar-refractivity contribution in [2.45, 2.75) is 38.5 Å². The maximum Gasteiger partial charge on any atom is 0.417 e. The lowest BCUT2D eigenvalue weighted by molar-refractivity contribution is -0.137. The predicted molar refractivity (Wildman–Crippen MR) is 107 cm³/mol. The van der Waals surface area contributed by atoms with Crippen LogP contribution in [0.3, 0.4) is 0 Å². The summed E-state index contributed by atoms with van der Waals surface area (Å²) in [6.45, 7) is 3.54. The summed E-state index contributed by atoms with van der Waals surface area (Å²) >= 11 is 0. The van der Waals surface area contributed by atoms with E-state index in [0.29, 0.717) is 12.1 Å². The first-order valence-electron chi connectivity index (χ1n) is 9.40. The minimum absolute atomic E-state index is 0.107. The second-order valence-corrected chi connectivity index (χ2v) is 7.45. The average Bonchev–Trinajstić information content (AvgIpc) is 3.06. The van der Waals surface area contributed by atoms with Crippen LogP contribution in [-0.2, 0) is 11.0 Å². The molecule has 0 aliphatic carbocycles. The number of rotatable bonds is 3. The summed E-state index contributed by atoms with van der Waals surface area (Å²) in [5, 5.41) is 9.48. The third-order valence-corrected chi connectivity index (χ3v) is 5.23. The molecule has 1 saturated heterocycles. The lowest BCUT2D eigenvalue weighted by atomic mass is 10.1. The van der Waals surface area contributed by atoms with Crippen molar-refractivity contribution in [3.8, 4) is 6.07 Å². The second-order valence-electron chi connectivity index (χ2n) is 7.45. The molecule has 0 radical (unpaired) electrons. The molecule has 0 saturated carbocycles. The van der Waals surface area contributed by atoms with Crippen molar-refractivity contribution in [2.75, 3.05) is 23.4 Å². The van der Waals surface area contributed by atoms with Crippen LogP contribution in [0.2, 0.25) is 0 Å². The molecule has 1 aliphatic heterocycles. The van der Waals surface area contributed by atoms with E-state index >= 15 is 0 Å². The SMILES string of the molecule is Cc1cccc(N(C)C(=O)C2C(N)CCN2c2nc(C)cc(C(F)(F)F)c2C#N)c1. The highest BCUT2D eigenvalue weighted by molar-refractivity contribution is 5.99. The Morgan fingerprint density at radius 3 is 2.63 bits per heavy atom. The normalized spacial score (nSPS) is 18.9. The molecule has 6 nitrogen and oxygen atoms in total. The quantitative estimate of drug-likeness (QED) is 0.829. The van der Waals surface area contributed by atoms with Gasteiger partial charge in [0, 0.05) is 31.0 Å². The topological polar surface area (TPSA) is 86.2 Å². The van der Waals surface area contributed by atoms with Crippen LogP contribution >= 0.6 is 0 Å². The Bertz CT molecular complexity index is 1010. The van der Waals surface area contributed by atoms with Gasteiger partial charge in [-0.15, -0.1) is 0 Å². The number of likely N-dealkylation sites (N-methyl/N-ethyl adjacent to an activating group) is 1. The second kappa shape index (κ2) is 7.95. The molecule has 2 heterocycles. The fourth-order valence-electron chi connectivity index (χ4n) is 3.73. The monoisotopic (exact) mass is 417 g/mol. The minimum Gasteiger partial charge on any atom is -0.342 e. The fraction of sp³-hybridized carbons (Fsp3) is 0.381. The molecule has 3 rings (SSSR count). The highest BCUT2D eigenvalue weighted by atomic mass is 19.4. The summed E-state index contributed by atoms with van der Waals surface area (Å²) in [7, 11) is 1.59. The summed E-state index contributed by atoms with van der Waals surface area (Å²) in [6, 6.07) is 8.23. The standard InChI is InChI=1S/C21H22F3N5O/c1-12-5-4-6-14(9-12)28(3)20(30)18-17(26)7-8-29(18)19-15(11-25)16(21(22,23)24)10-13(2)27-19/h4-6,9-10,17-18H,7-8,26H2,1-3H3. The first-order valence-corrected chi connectivity index (χ1v) is 9.40. The fourth-order valence-corrected chi connectivity index (χ4v) is 3.73. The third-order valence-electron chi connectivity index (χ3n) is 5.23. The van der Waals surface area contributed by atoms with Crippen LogP contribution in [0.25, 0.3) is 0 Å². The smallest absolute Gasteiger partial charge is 0.342 e. The molecular formula is C21H22F3N5O. The van der Waals surface area contributed by atoms with Crippen LogP contribution < -0.4 is 15.5 Å². The predicted octanol–water partition coefficient (Wildman–Crippen LogP) is 3.16. The number of nitriles is 1. The molecule has 2 N–H and O–H groups in total. The maximum atomic E-state index is 13.5. The van der Waals surface area contributed by atoms with Crippen molar-refractivity contribution < 1.29 is 18.0 Å². The summed E-state index contributed by atoms with van der Waals surface area (Å²) in [5.41, 5.74) is 6.23. The number of halogens is 3. The largest absolute Gasteiger partial charge is 0.417 e. The number of nitrogens with zero attached hydrogens (tertiary/aromatic N) is 4. The number of benzene rings is 1. The third kappa shape index (κ3) is 3.96. The molecular weight excluding hydrogens is 395 g/mol. The minimum atomic E-state index is -4.72. The zero-order valence-corrected chi connectivity index (χ0v) is 16.9. The number of amides is 1. The number of nitrogens with two attached hydrogens (primary N) is 1. The Hall–Kier alpha value is -3.12. The Labute approximate surface area is 172 Å². The van der Waals surface area contributed by atoms with Crippen LogP contribution in [0.15, 0.2) is 30.3 Å². The van der Waals surface area contributed by atoms with Gasteiger partial charge in [-0.05, 0) is 44.0 Å². The van der Waals surface area contributed by atoms with Crippen molar-refractivity contribution >= 4 is 17.4 Å². The molecule has 9 heteroatoms. The number of hydrogen-bond donors (Lipinski definition) is 1. The number of aromatic nitrogens is 1. The van der Waals surface area contributed by atoms with Gasteiger partial charge in [0.25, 0.3) is 5.91 Å². The van der Waals surface area contributed by atoms with Crippen molar-refractivity contribution in [1.82, 2.24) is 4.98 Å². The average molecular weight is 417 g/mol. The number of pyridine rings is 1. The molecule has 1 aromatic carbocycles. The van der Waals surface area contributed by atoms with E-state index < -0.39 is 29.4 Å². The number of carbonyl (C=O) groups excluding carboxylic acids is 1. The molecule has 1 fully saturated rings. The Kier molecular flexibility index (Phi) is 5.72. The first-order chi connectivity index (χ1) is 14.0. The van der Waals surface area contributed by atoms with E-state index in [2.05, 4.69) is 4.98 Å². The van der Waals surface area contributed by atoms with E-state index in [1.165, 1.54) is 16.7 Å². The summed E-state index contributed by atoms with van der Waals surface area (Å²) in [4.78, 5) is 20.3. The zero-order chi connectivity index (χ0) is 22.2. The molecule has 1 aliphatic rings. The van der Waals surface area contributed by atoms with Crippen LogP contribution in [-0.4, -0.2) is 36.6 Å². The van der Waals surface area contributed by atoms with Gasteiger partial charge in [-0.25, -0.2) is 4.98 Å². The number of anilines is 2. The van der Waals surface area contributed by atoms with Gasteiger partial charge in [0.2, 0.25) is 0 Å². The molecule has 2 unspecified atom stereocenters. The lowest BCUT2D eigenvalue weighted by Gasteiger charge is -2.31. The van der Waals surface area contributed by atoms with E-state index in [1.807, 2.05) is 25.1 Å². The van der Waals surface area contributed by atoms with Gasteiger partial charge < -0.3 is 15.5 Å². The molecule has 0 spiro atoms. The Morgan fingerprint density at radius 1 is 1.33 bits per heavy atom. The van der Waals surface area contributed by atoms with Crippen LogP contribution in [0.4, 0.5) is 24.7 Å². The van der Waals surface area contributed by atoms with Gasteiger partial charge in [-0.1, -0.05) is 12.1 Å². The molecule has 1 amide bonds. The number of carbonyl (C=O) groups is 1. The zero-order valence-electron chi connectivity index (χ0n) is 16.9. The van der Waals surface area contributed by atoms with Gasteiger partial charge in [-0.2, -0.15) is 18.4 Å². The number of alkyl halides is 3. The van der Waals surface area contributed by atoms with Crippen molar-refractivity contribution in [3.05, 3.63) is 52.7 Å². The first kappa shape index (κ1) is 21.6. The van der Waals surface area contributed by atoms with Gasteiger partial charge in [0.1, 0.15) is 23.5 Å². The lowest BCUT2D eigenvalue weighted by Crippen LogP contribution is -2.52. The van der Waals surface area contributed by atoms with Crippen molar-refractivity contribution in [2.24, 2.45) is 5.73 Å². The van der Waals surface area contributed by atoms with Crippen LogP contribution in [0, 0.1) is 25.2 Å². The Balaban J connectivity index is 2.05. The molecule has 1 aromatic heterocycles. The van der Waals surface area contributed by atoms with E-state index in [9.17, 15) is 23.2 Å². The number of aryl methyl sites for hydroxylation is 2. The highest BCUT2D eigenvalue weighted by Crippen LogP contribution is 2.37. The van der Waals surface area contributed by atoms with Gasteiger partial charge in [0.05, 0.1) is 5.56 Å². The van der Waals surface area contributed by atoms with E-state index in [-0.39, 0.29) is 24.0 Å². The molecule has 30 heavy (non-hydrogen) atoms. The van der Waals surface area contributed by atoms with Crippen molar-refractivity contribution in [1.29, 1.82) is 5.26 Å². The van der Waals surface area contributed by atoms with Crippen LogP contribution in [0.5, 0.6) is 0 Å². The summed E-state index contributed by atoms with van der Waals surface area (Å²) in [6.07, 6.45) is -4.33. The highest BCUT2D eigenvalue weighted by Gasteiger charge is 2.43. The van der Waals surface area contributed by atoms with E-state index in [4.69, 9.17) is 5.73 Å². The van der Waals surface area contributed by atoms with Gasteiger partial charge in [0.15, 0.2) is 0 Å². The summed E-state index contributed by atoms with van der Waals surface area (Å²) in [5.74, 6) is -0.528. The Morgan fingerprint density at radius 2 is 2.03 bits per heavy atom. The van der Waals surface area contributed by atoms with E-state index in [0.717, 1.165) is 11.6 Å². The van der Waals surface area contributed by atoms with Crippen LogP contribution in [0.1, 0.15) is 28.8 Å².